The van der Waals surface area contributed by atoms with E-state index in [1.165, 1.54) is 0 Å². The highest BCUT2D eigenvalue weighted by Gasteiger charge is 2.17. The molecule has 0 aliphatic heterocycles. The Morgan fingerprint density at radius 3 is 2.68 bits per heavy atom. The number of nitrogens with zero attached hydrogens (tertiary/aromatic N) is 3. The number of nitrogens with two attached hydrogens (primary N) is 1. The van der Waals surface area contributed by atoms with Crippen LogP contribution in [-0.4, -0.2) is 39.5 Å². The highest BCUT2D eigenvalue weighted by atomic mass is 32.1. The molecule has 0 radical (unpaired) electrons. The van der Waals surface area contributed by atoms with Crippen LogP contribution >= 0.6 is 11.5 Å². The maximum absolute atomic E-state index is 11.3. The fraction of sp³-hybridized carbons (Fsp3) is 0.500. The van der Waals surface area contributed by atoms with Gasteiger partial charge in [-0.3, -0.25) is 4.79 Å². The van der Waals surface area contributed by atoms with Gasteiger partial charge in [0.15, 0.2) is 23.0 Å². The molecule has 0 bridgehead atoms. The van der Waals surface area contributed by atoms with Crippen LogP contribution < -0.4 is 5.73 Å². The summed E-state index contributed by atoms with van der Waals surface area (Å²) in [5.74, 6) is -0.533. The van der Waals surface area contributed by atoms with Gasteiger partial charge >= 0.3 is 5.97 Å². The number of aromatic nitrogens is 2. The lowest BCUT2D eigenvalue weighted by Gasteiger charge is -2.18. The molecule has 1 rings (SSSR count). The van der Waals surface area contributed by atoms with Gasteiger partial charge in [-0.2, -0.15) is 9.36 Å². The lowest BCUT2D eigenvalue weighted by atomic mass is 10.2. The third-order valence-electron chi connectivity index (χ3n) is 1.55. The number of carbonyl (C=O) groups is 2. The Hall–Kier alpha value is -2.03. The molecule has 0 saturated heterocycles. The van der Waals surface area contributed by atoms with Crippen molar-refractivity contribution in [2.24, 2.45) is 5.16 Å². The number of aldehydes is 1. The van der Waals surface area contributed by atoms with Gasteiger partial charge in [-0.15, -0.1) is 0 Å². The molecule has 0 saturated carbocycles. The molecule has 2 N–H and O–H groups in total. The number of rotatable bonds is 5. The Bertz CT molecular complexity index is 492. The molecule has 8 nitrogen and oxygen atoms in total. The smallest absolute Gasteiger partial charge is 0.347 e. The normalized spacial score (nSPS) is 12.1. The standard InChI is InChI=1S/C10H14N4O4S/c1-10(2,3)18-7(16)5-17-13-6(4-15)8-12-9(11)19-14-8/h4H,5H2,1-3H3,(H2,11,12,14)/b13-6+. The molecule has 0 amide bonds. The minimum atomic E-state index is -0.609. The molecule has 0 spiro atoms. The second-order valence-corrected chi connectivity index (χ2v) is 5.19. The molecule has 1 aromatic rings. The number of ether oxygens (including phenoxy) is 1. The molecule has 0 aliphatic carbocycles. The average Bonchev–Trinajstić information content (AvgIpc) is 2.68. The third-order valence-corrected chi connectivity index (χ3v) is 2.09. The number of esters is 1. The van der Waals surface area contributed by atoms with Crippen LogP contribution in [0.25, 0.3) is 0 Å². The first-order valence-electron chi connectivity index (χ1n) is 5.28. The van der Waals surface area contributed by atoms with Crippen LogP contribution in [-0.2, 0) is 19.2 Å². The molecule has 0 atom stereocenters. The zero-order chi connectivity index (χ0) is 14.5. The van der Waals surface area contributed by atoms with Crippen LogP contribution in [0.3, 0.4) is 0 Å². The first-order chi connectivity index (χ1) is 8.81. The molecule has 9 heteroatoms. The van der Waals surface area contributed by atoms with Crippen molar-refractivity contribution >= 4 is 34.6 Å². The summed E-state index contributed by atoms with van der Waals surface area (Å²) in [6, 6.07) is 0. The predicted molar refractivity (Wildman–Crippen MR) is 68.7 cm³/mol. The van der Waals surface area contributed by atoms with E-state index in [2.05, 4.69) is 14.5 Å². The van der Waals surface area contributed by atoms with Gasteiger partial charge in [0, 0.05) is 11.5 Å². The van der Waals surface area contributed by atoms with Gasteiger partial charge in [-0.1, -0.05) is 5.16 Å². The van der Waals surface area contributed by atoms with E-state index in [0.29, 0.717) is 6.29 Å². The van der Waals surface area contributed by atoms with Crippen molar-refractivity contribution < 1.29 is 19.2 Å². The second kappa shape index (κ2) is 6.23. The van der Waals surface area contributed by atoms with Crippen LogP contribution in [0.1, 0.15) is 26.6 Å². The SMILES string of the molecule is CC(C)(C)OC(=O)CO/N=C(\C=O)c1nsc(N)n1. The van der Waals surface area contributed by atoms with Crippen LogP contribution in [0.5, 0.6) is 0 Å². The molecule has 0 unspecified atom stereocenters. The van der Waals surface area contributed by atoms with Gasteiger partial charge in [0.2, 0.25) is 6.61 Å². The van der Waals surface area contributed by atoms with Crippen molar-refractivity contribution in [2.45, 2.75) is 26.4 Å². The van der Waals surface area contributed by atoms with E-state index in [4.69, 9.17) is 15.3 Å². The Morgan fingerprint density at radius 2 is 2.21 bits per heavy atom. The maximum atomic E-state index is 11.3. The van der Waals surface area contributed by atoms with Crippen molar-refractivity contribution in [3.8, 4) is 0 Å². The molecule has 19 heavy (non-hydrogen) atoms. The fourth-order valence-electron chi connectivity index (χ4n) is 0.980. The largest absolute Gasteiger partial charge is 0.457 e. The average molecular weight is 286 g/mol. The summed E-state index contributed by atoms with van der Waals surface area (Å²) in [6.07, 6.45) is 0.413. The first kappa shape index (κ1) is 15.0. The number of hydrogen-bond donors (Lipinski definition) is 1. The van der Waals surface area contributed by atoms with E-state index >= 15 is 0 Å². The maximum Gasteiger partial charge on any atom is 0.347 e. The van der Waals surface area contributed by atoms with Gasteiger partial charge in [0.1, 0.15) is 5.60 Å². The molecule has 104 valence electrons. The summed E-state index contributed by atoms with van der Waals surface area (Å²) in [5.41, 5.74) is 4.63. The Labute approximate surface area is 113 Å². The van der Waals surface area contributed by atoms with Crippen LogP contribution in [0.15, 0.2) is 5.16 Å². The Kier molecular flexibility index (Phi) is 4.93. The quantitative estimate of drug-likeness (QED) is 0.360. The van der Waals surface area contributed by atoms with Gasteiger partial charge < -0.3 is 15.3 Å². The molecular formula is C10H14N4O4S. The number of anilines is 1. The van der Waals surface area contributed by atoms with Gasteiger partial charge in [0.25, 0.3) is 0 Å². The topological polar surface area (TPSA) is 117 Å². The third kappa shape index (κ3) is 5.42. The lowest BCUT2D eigenvalue weighted by Crippen LogP contribution is -2.26. The first-order valence-corrected chi connectivity index (χ1v) is 6.05. The predicted octanol–water partition coefficient (Wildman–Crippen LogP) is 0.382. The summed E-state index contributed by atoms with van der Waals surface area (Å²) in [5, 5.41) is 3.67. The van der Waals surface area contributed by atoms with E-state index in [-0.39, 0.29) is 16.7 Å². The monoisotopic (exact) mass is 286 g/mol. The molecule has 0 aliphatic rings. The van der Waals surface area contributed by atoms with Crippen molar-refractivity contribution in [3.05, 3.63) is 5.82 Å². The number of oxime groups is 1. The molecule has 1 heterocycles. The van der Waals surface area contributed by atoms with Crippen molar-refractivity contribution in [1.29, 1.82) is 0 Å². The summed E-state index contributed by atoms with van der Waals surface area (Å²) < 4.78 is 8.78. The zero-order valence-electron chi connectivity index (χ0n) is 10.7. The van der Waals surface area contributed by atoms with Gasteiger partial charge in [-0.05, 0) is 20.8 Å². The Balaban J connectivity index is 2.55. The summed E-state index contributed by atoms with van der Waals surface area (Å²) in [7, 11) is 0. The van der Waals surface area contributed by atoms with Crippen LogP contribution in [0.2, 0.25) is 0 Å². The van der Waals surface area contributed by atoms with E-state index in [9.17, 15) is 9.59 Å². The van der Waals surface area contributed by atoms with Gasteiger partial charge in [0.05, 0.1) is 0 Å². The van der Waals surface area contributed by atoms with Crippen molar-refractivity contribution in [2.75, 3.05) is 12.3 Å². The summed E-state index contributed by atoms with van der Waals surface area (Å²) in [4.78, 5) is 30.6. The molecular weight excluding hydrogens is 272 g/mol. The van der Waals surface area contributed by atoms with Crippen molar-refractivity contribution in [1.82, 2.24) is 9.36 Å². The zero-order valence-corrected chi connectivity index (χ0v) is 11.6. The van der Waals surface area contributed by atoms with E-state index in [1.807, 2.05) is 0 Å². The van der Waals surface area contributed by atoms with Crippen LogP contribution in [0, 0.1) is 0 Å². The number of nitrogen functional groups attached to an aromatic ring is 1. The minimum Gasteiger partial charge on any atom is -0.457 e. The van der Waals surface area contributed by atoms with Crippen LogP contribution in [0.4, 0.5) is 5.13 Å². The number of hydrogen-bond acceptors (Lipinski definition) is 9. The Morgan fingerprint density at radius 1 is 1.53 bits per heavy atom. The summed E-state index contributed by atoms with van der Waals surface area (Å²) in [6.45, 7) is 4.78. The summed E-state index contributed by atoms with van der Waals surface area (Å²) >= 11 is 0.925. The van der Waals surface area contributed by atoms with E-state index in [1.54, 1.807) is 20.8 Å². The lowest BCUT2D eigenvalue weighted by molar-refractivity contribution is -0.160. The molecule has 1 aromatic heterocycles. The van der Waals surface area contributed by atoms with E-state index in [0.717, 1.165) is 11.5 Å². The highest BCUT2D eigenvalue weighted by Crippen LogP contribution is 2.08. The molecule has 0 fully saturated rings. The fourth-order valence-corrected chi connectivity index (χ4v) is 1.42. The molecule has 0 aromatic carbocycles. The van der Waals surface area contributed by atoms with E-state index < -0.39 is 18.2 Å². The second-order valence-electron chi connectivity index (χ2n) is 4.41. The van der Waals surface area contributed by atoms with Gasteiger partial charge in [-0.25, -0.2) is 4.79 Å². The minimum absolute atomic E-state index is 0.0571. The highest BCUT2D eigenvalue weighted by molar-refractivity contribution is 7.09. The number of carbonyl (C=O) groups excluding carboxylic acids is 2. The van der Waals surface area contributed by atoms with Crippen molar-refractivity contribution in [3.63, 3.8) is 0 Å².